The standard InChI is InChI=1S/C8H7FO4S/c1-13-8(10)6-2-4-7(5-3-6)14(9,11)12/h2-5H,1H3. The van der Waals surface area contributed by atoms with Crippen LogP contribution in [-0.4, -0.2) is 21.5 Å². The lowest BCUT2D eigenvalue weighted by atomic mass is 10.2. The minimum atomic E-state index is -4.70. The molecule has 1 aromatic carbocycles. The van der Waals surface area contributed by atoms with Crippen LogP contribution in [0.4, 0.5) is 3.89 Å². The molecule has 0 N–H and O–H groups in total. The maximum absolute atomic E-state index is 12.4. The summed E-state index contributed by atoms with van der Waals surface area (Å²) >= 11 is 0. The molecule has 0 bridgehead atoms. The molecule has 0 aliphatic carbocycles. The quantitative estimate of drug-likeness (QED) is 0.551. The first-order valence-electron chi connectivity index (χ1n) is 3.58. The maximum atomic E-state index is 12.4. The van der Waals surface area contributed by atoms with Crippen LogP contribution >= 0.6 is 0 Å². The fraction of sp³-hybridized carbons (Fsp3) is 0.125. The molecule has 0 atom stereocenters. The molecule has 1 rings (SSSR count). The number of rotatable bonds is 2. The topological polar surface area (TPSA) is 60.4 Å². The van der Waals surface area contributed by atoms with Crippen LogP contribution < -0.4 is 0 Å². The first-order valence-corrected chi connectivity index (χ1v) is 4.96. The molecule has 0 fully saturated rings. The van der Waals surface area contributed by atoms with Crippen LogP contribution in [0.15, 0.2) is 29.2 Å². The van der Waals surface area contributed by atoms with E-state index < -0.39 is 21.1 Å². The summed E-state index contributed by atoms with van der Waals surface area (Å²) in [6.07, 6.45) is 0. The summed E-state index contributed by atoms with van der Waals surface area (Å²) in [5.41, 5.74) is 0.167. The molecule has 0 aliphatic rings. The first-order chi connectivity index (χ1) is 6.45. The molecule has 1 aromatic rings. The van der Waals surface area contributed by atoms with Crippen LogP contribution in [0, 0.1) is 0 Å². The fourth-order valence-electron chi connectivity index (χ4n) is 0.871. The molecule has 0 radical (unpaired) electrons. The number of hydrogen-bond donors (Lipinski definition) is 0. The van der Waals surface area contributed by atoms with Crippen LogP contribution in [0.2, 0.25) is 0 Å². The Morgan fingerprint density at radius 2 is 1.79 bits per heavy atom. The van der Waals surface area contributed by atoms with Crippen LogP contribution in [0.5, 0.6) is 0 Å². The summed E-state index contributed by atoms with van der Waals surface area (Å²) in [5.74, 6) is -0.604. The van der Waals surface area contributed by atoms with Gasteiger partial charge >= 0.3 is 16.2 Å². The van der Waals surface area contributed by atoms with Gasteiger partial charge in [0.05, 0.1) is 17.6 Å². The van der Waals surface area contributed by atoms with Crippen molar-refractivity contribution < 1.29 is 21.8 Å². The summed E-state index contributed by atoms with van der Waals surface area (Å²) < 4.78 is 37.6. The van der Waals surface area contributed by atoms with Gasteiger partial charge in [-0.3, -0.25) is 0 Å². The van der Waals surface area contributed by atoms with Crippen LogP contribution in [0.1, 0.15) is 10.4 Å². The van der Waals surface area contributed by atoms with Crippen molar-refractivity contribution in [3.8, 4) is 0 Å². The Morgan fingerprint density at radius 3 is 2.14 bits per heavy atom. The predicted molar refractivity (Wildman–Crippen MR) is 46.1 cm³/mol. The second kappa shape index (κ2) is 3.75. The van der Waals surface area contributed by atoms with Gasteiger partial charge in [0.25, 0.3) is 0 Å². The molecule has 0 aromatic heterocycles. The lowest BCUT2D eigenvalue weighted by molar-refractivity contribution is 0.0600. The molecule has 0 unspecified atom stereocenters. The second-order valence-corrected chi connectivity index (χ2v) is 3.80. The van der Waals surface area contributed by atoms with E-state index in [2.05, 4.69) is 4.74 Å². The molecule has 0 saturated heterocycles. The van der Waals surface area contributed by atoms with Gasteiger partial charge in [-0.05, 0) is 24.3 Å². The van der Waals surface area contributed by atoms with Crippen molar-refractivity contribution in [2.45, 2.75) is 4.90 Å². The largest absolute Gasteiger partial charge is 0.465 e. The Balaban J connectivity index is 3.07. The highest BCUT2D eigenvalue weighted by Gasteiger charge is 2.12. The number of hydrogen-bond acceptors (Lipinski definition) is 4. The average Bonchev–Trinajstić information content (AvgIpc) is 2.15. The van der Waals surface area contributed by atoms with Gasteiger partial charge < -0.3 is 4.74 Å². The smallest absolute Gasteiger partial charge is 0.337 e. The lowest BCUT2D eigenvalue weighted by Gasteiger charge is -1.98. The molecule has 0 saturated carbocycles. The van der Waals surface area contributed by atoms with Crippen molar-refractivity contribution in [2.75, 3.05) is 7.11 Å². The normalized spacial score (nSPS) is 11.0. The summed E-state index contributed by atoms with van der Waals surface area (Å²) in [4.78, 5) is 10.4. The van der Waals surface area contributed by atoms with E-state index in [9.17, 15) is 17.1 Å². The highest BCUT2D eigenvalue weighted by atomic mass is 32.3. The minimum absolute atomic E-state index is 0.167. The monoisotopic (exact) mass is 218 g/mol. The molecular weight excluding hydrogens is 211 g/mol. The third-order valence-corrected chi connectivity index (χ3v) is 2.39. The zero-order valence-corrected chi connectivity index (χ0v) is 8.05. The van der Waals surface area contributed by atoms with E-state index in [4.69, 9.17) is 0 Å². The third-order valence-electron chi connectivity index (χ3n) is 1.56. The van der Waals surface area contributed by atoms with Gasteiger partial charge in [-0.15, -0.1) is 3.89 Å². The SMILES string of the molecule is COC(=O)c1ccc(S(=O)(=O)F)cc1. The molecule has 6 heteroatoms. The van der Waals surface area contributed by atoms with E-state index in [0.717, 1.165) is 12.1 Å². The number of methoxy groups -OCH3 is 1. The predicted octanol–water partition coefficient (Wildman–Crippen LogP) is 1.13. The van der Waals surface area contributed by atoms with Crippen molar-refractivity contribution in [1.29, 1.82) is 0 Å². The number of benzene rings is 1. The van der Waals surface area contributed by atoms with Crippen molar-refractivity contribution in [1.82, 2.24) is 0 Å². The molecule has 76 valence electrons. The number of carbonyl (C=O) groups excluding carboxylic acids is 1. The van der Waals surface area contributed by atoms with Gasteiger partial charge in [-0.25, -0.2) is 4.79 Å². The highest BCUT2D eigenvalue weighted by Crippen LogP contribution is 2.13. The van der Waals surface area contributed by atoms with Gasteiger partial charge in [0.2, 0.25) is 0 Å². The van der Waals surface area contributed by atoms with E-state index in [1.807, 2.05) is 0 Å². The number of esters is 1. The first kappa shape index (κ1) is 10.6. The minimum Gasteiger partial charge on any atom is -0.465 e. The molecule has 4 nitrogen and oxygen atoms in total. The van der Waals surface area contributed by atoms with Crippen LogP contribution in [0.3, 0.4) is 0 Å². The van der Waals surface area contributed by atoms with E-state index in [0.29, 0.717) is 0 Å². The van der Waals surface area contributed by atoms with E-state index in [1.54, 1.807) is 0 Å². The lowest BCUT2D eigenvalue weighted by Crippen LogP contribution is -2.01. The Morgan fingerprint density at radius 1 is 1.29 bits per heavy atom. The van der Waals surface area contributed by atoms with E-state index >= 15 is 0 Å². The highest BCUT2D eigenvalue weighted by molar-refractivity contribution is 7.86. The average molecular weight is 218 g/mol. The molecule has 0 heterocycles. The molecular formula is C8H7FO4S. The Kier molecular flexibility index (Phi) is 2.85. The fourth-order valence-corrected chi connectivity index (χ4v) is 1.33. The van der Waals surface area contributed by atoms with Gasteiger partial charge in [-0.1, -0.05) is 0 Å². The number of halogens is 1. The maximum Gasteiger partial charge on any atom is 0.337 e. The van der Waals surface area contributed by atoms with Crippen molar-refractivity contribution in [3.05, 3.63) is 29.8 Å². The zero-order valence-electron chi connectivity index (χ0n) is 7.23. The summed E-state index contributed by atoms with van der Waals surface area (Å²) in [6, 6.07) is 4.36. The second-order valence-electron chi connectivity index (χ2n) is 2.45. The molecule has 0 spiro atoms. The van der Waals surface area contributed by atoms with Crippen LogP contribution in [0.25, 0.3) is 0 Å². The summed E-state index contributed by atoms with van der Waals surface area (Å²) in [7, 11) is -3.51. The van der Waals surface area contributed by atoms with Gasteiger partial charge in [0.1, 0.15) is 0 Å². The molecule has 0 aliphatic heterocycles. The van der Waals surface area contributed by atoms with Crippen molar-refractivity contribution >= 4 is 16.2 Å². The van der Waals surface area contributed by atoms with Crippen LogP contribution in [-0.2, 0) is 15.0 Å². The third kappa shape index (κ3) is 2.29. The number of ether oxygens (including phenoxy) is 1. The Hall–Kier alpha value is -1.43. The zero-order chi connectivity index (χ0) is 10.8. The number of carbonyl (C=O) groups is 1. The van der Waals surface area contributed by atoms with E-state index in [-0.39, 0.29) is 5.56 Å². The van der Waals surface area contributed by atoms with E-state index in [1.165, 1.54) is 19.2 Å². The van der Waals surface area contributed by atoms with Gasteiger partial charge in [-0.2, -0.15) is 8.42 Å². The molecule has 0 amide bonds. The summed E-state index contributed by atoms with van der Waals surface area (Å²) in [6.45, 7) is 0. The Bertz CT molecular complexity index is 435. The van der Waals surface area contributed by atoms with Gasteiger partial charge in [0.15, 0.2) is 0 Å². The van der Waals surface area contributed by atoms with Crippen molar-refractivity contribution in [2.24, 2.45) is 0 Å². The van der Waals surface area contributed by atoms with Gasteiger partial charge in [0, 0.05) is 0 Å². The summed E-state index contributed by atoms with van der Waals surface area (Å²) in [5, 5.41) is 0. The van der Waals surface area contributed by atoms with Crippen molar-refractivity contribution in [3.63, 3.8) is 0 Å². The molecule has 14 heavy (non-hydrogen) atoms. The Labute approximate surface area is 80.5 Å².